The minimum atomic E-state index is -0.486. The molecule has 3 fully saturated rings. The van der Waals surface area contributed by atoms with Crippen LogP contribution in [0, 0.1) is 5.92 Å². The van der Waals surface area contributed by atoms with Gasteiger partial charge in [-0.15, -0.1) is 0 Å². The Bertz CT molecular complexity index is 673. The zero-order valence-corrected chi connectivity index (χ0v) is 17.8. The fraction of sp³-hybridized carbons (Fsp3) is 0.696. The van der Waals surface area contributed by atoms with E-state index in [1.54, 1.807) is 0 Å². The fourth-order valence-corrected chi connectivity index (χ4v) is 4.64. The van der Waals surface area contributed by atoms with Crippen molar-refractivity contribution in [3.63, 3.8) is 0 Å². The molecule has 0 bridgehead atoms. The first-order valence-electron chi connectivity index (χ1n) is 11.0. The Hall–Kier alpha value is -1.63. The molecule has 0 aromatic heterocycles. The molecule has 3 aliphatic heterocycles. The molecule has 1 aromatic carbocycles. The summed E-state index contributed by atoms with van der Waals surface area (Å²) in [5.41, 5.74) is 0.596. The van der Waals surface area contributed by atoms with Crippen molar-refractivity contribution in [1.29, 1.82) is 0 Å². The van der Waals surface area contributed by atoms with E-state index >= 15 is 0 Å². The molecule has 1 aromatic rings. The highest BCUT2D eigenvalue weighted by Crippen LogP contribution is 2.38. The summed E-state index contributed by atoms with van der Waals surface area (Å²) in [6, 6.07) is 8.83. The Balaban J connectivity index is 1.41. The number of rotatable bonds is 6. The average molecular weight is 403 g/mol. The first kappa shape index (κ1) is 20.6. The van der Waals surface area contributed by atoms with Gasteiger partial charge in [0.25, 0.3) is 0 Å². The summed E-state index contributed by atoms with van der Waals surface area (Å²) in [6.45, 7) is 11.3. The summed E-state index contributed by atoms with van der Waals surface area (Å²) in [5, 5.41) is 0. The van der Waals surface area contributed by atoms with Gasteiger partial charge in [0.05, 0.1) is 25.2 Å². The number of morpholine rings is 1. The van der Waals surface area contributed by atoms with Gasteiger partial charge in [-0.2, -0.15) is 0 Å². The number of carbonyl (C=O) groups is 1. The zero-order valence-electron chi connectivity index (χ0n) is 17.8. The van der Waals surface area contributed by atoms with Crippen molar-refractivity contribution in [2.75, 3.05) is 59.2 Å². The van der Waals surface area contributed by atoms with Gasteiger partial charge in [0, 0.05) is 51.4 Å². The standard InChI is InChI=1S/C23H34N2O4/c1-18(2)25-15-19(16-25)17-29-21-5-3-20(4-6-21)23(7-11-27-12-8-23)22(26)24-9-13-28-14-10-24/h3-6,18-19H,7-17H2,1-2H3. The molecule has 4 rings (SSSR count). The van der Waals surface area contributed by atoms with Crippen molar-refractivity contribution in [1.82, 2.24) is 9.80 Å². The summed E-state index contributed by atoms with van der Waals surface area (Å²) in [4.78, 5) is 17.9. The molecule has 0 radical (unpaired) electrons. The molecular weight excluding hydrogens is 368 g/mol. The number of hydrogen-bond acceptors (Lipinski definition) is 5. The number of ether oxygens (including phenoxy) is 3. The van der Waals surface area contributed by atoms with Crippen molar-refractivity contribution in [3.05, 3.63) is 29.8 Å². The van der Waals surface area contributed by atoms with Crippen LogP contribution in [0.25, 0.3) is 0 Å². The molecule has 1 amide bonds. The van der Waals surface area contributed by atoms with Crippen LogP contribution in [0.5, 0.6) is 5.75 Å². The quantitative estimate of drug-likeness (QED) is 0.731. The molecule has 160 valence electrons. The number of hydrogen-bond donors (Lipinski definition) is 0. The lowest BCUT2D eigenvalue weighted by Gasteiger charge is -2.42. The van der Waals surface area contributed by atoms with Gasteiger partial charge in [-0.25, -0.2) is 0 Å². The van der Waals surface area contributed by atoms with Crippen LogP contribution in [-0.4, -0.2) is 81.0 Å². The molecule has 0 aliphatic carbocycles. The van der Waals surface area contributed by atoms with Crippen molar-refractivity contribution < 1.29 is 19.0 Å². The Kier molecular flexibility index (Phi) is 6.42. The molecule has 29 heavy (non-hydrogen) atoms. The van der Waals surface area contributed by atoms with Crippen LogP contribution >= 0.6 is 0 Å². The van der Waals surface area contributed by atoms with E-state index in [0.29, 0.717) is 51.5 Å². The third-order valence-corrected chi connectivity index (χ3v) is 6.66. The van der Waals surface area contributed by atoms with Crippen LogP contribution in [0.3, 0.4) is 0 Å². The van der Waals surface area contributed by atoms with E-state index in [9.17, 15) is 4.79 Å². The van der Waals surface area contributed by atoms with E-state index in [-0.39, 0.29) is 5.91 Å². The van der Waals surface area contributed by atoms with Gasteiger partial charge in [0.2, 0.25) is 5.91 Å². The van der Waals surface area contributed by atoms with E-state index < -0.39 is 5.41 Å². The second-order valence-electron chi connectivity index (χ2n) is 8.85. The molecule has 3 saturated heterocycles. The second kappa shape index (κ2) is 9.02. The van der Waals surface area contributed by atoms with E-state index in [4.69, 9.17) is 14.2 Å². The van der Waals surface area contributed by atoms with Crippen LogP contribution in [0.2, 0.25) is 0 Å². The number of amides is 1. The molecule has 6 heteroatoms. The number of nitrogens with zero attached hydrogens (tertiary/aromatic N) is 2. The van der Waals surface area contributed by atoms with Gasteiger partial charge in [-0.3, -0.25) is 4.79 Å². The summed E-state index contributed by atoms with van der Waals surface area (Å²) in [7, 11) is 0. The molecule has 0 N–H and O–H groups in total. The van der Waals surface area contributed by atoms with Gasteiger partial charge in [0.1, 0.15) is 5.75 Å². The normalized spacial score (nSPS) is 23.1. The van der Waals surface area contributed by atoms with Crippen molar-refractivity contribution in [2.45, 2.75) is 38.1 Å². The fourth-order valence-electron chi connectivity index (χ4n) is 4.64. The van der Waals surface area contributed by atoms with Crippen LogP contribution in [0.4, 0.5) is 0 Å². The topological polar surface area (TPSA) is 51.2 Å². The maximum Gasteiger partial charge on any atom is 0.233 e. The summed E-state index contributed by atoms with van der Waals surface area (Å²) in [5.74, 6) is 1.72. The number of likely N-dealkylation sites (tertiary alicyclic amines) is 1. The minimum Gasteiger partial charge on any atom is -0.493 e. The Morgan fingerprint density at radius 1 is 1.07 bits per heavy atom. The van der Waals surface area contributed by atoms with Crippen molar-refractivity contribution in [2.24, 2.45) is 5.92 Å². The summed E-state index contributed by atoms with van der Waals surface area (Å²) < 4.78 is 17.1. The Labute approximate surface area is 174 Å². The first-order chi connectivity index (χ1) is 14.1. The molecule has 6 nitrogen and oxygen atoms in total. The predicted octanol–water partition coefficient (Wildman–Crippen LogP) is 2.31. The Morgan fingerprint density at radius 2 is 1.69 bits per heavy atom. The zero-order chi connectivity index (χ0) is 20.3. The largest absolute Gasteiger partial charge is 0.493 e. The average Bonchev–Trinajstić information content (AvgIpc) is 2.73. The maximum atomic E-state index is 13.5. The number of carbonyl (C=O) groups excluding carboxylic acids is 1. The number of benzene rings is 1. The van der Waals surface area contributed by atoms with Crippen molar-refractivity contribution in [3.8, 4) is 5.75 Å². The van der Waals surface area contributed by atoms with Crippen LogP contribution in [0.15, 0.2) is 24.3 Å². The van der Waals surface area contributed by atoms with Gasteiger partial charge in [0.15, 0.2) is 0 Å². The van der Waals surface area contributed by atoms with Gasteiger partial charge >= 0.3 is 0 Å². The molecule has 3 heterocycles. The lowest BCUT2D eigenvalue weighted by atomic mass is 9.73. The lowest BCUT2D eigenvalue weighted by molar-refractivity contribution is -0.145. The second-order valence-corrected chi connectivity index (χ2v) is 8.85. The van der Waals surface area contributed by atoms with Crippen molar-refractivity contribution >= 4 is 5.91 Å². The van der Waals surface area contributed by atoms with E-state index in [2.05, 4.69) is 30.9 Å². The van der Waals surface area contributed by atoms with Gasteiger partial charge in [-0.1, -0.05) is 12.1 Å². The first-order valence-corrected chi connectivity index (χ1v) is 11.0. The molecule has 0 unspecified atom stereocenters. The summed E-state index contributed by atoms with van der Waals surface area (Å²) >= 11 is 0. The van der Waals surface area contributed by atoms with Gasteiger partial charge < -0.3 is 24.0 Å². The Morgan fingerprint density at radius 3 is 2.31 bits per heavy atom. The van der Waals surface area contributed by atoms with E-state index in [1.165, 1.54) is 0 Å². The molecule has 0 atom stereocenters. The molecule has 3 aliphatic rings. The highest BCUT2D eigenvalue weighted by atomic mass is 16.5. The smallest absolute Gasteiger partial charge is 0.233 e. The van der Waals surface area contributed by atoms with E-state index in [0.717, 1.165) is 43.9 Å². The predicted molar refractivity (Wildman–Crippen MR) is 111 cm³/mol. The summed E-state index contributed by atoms with van der Waals surface area (Å²) in [6.07, 6.45) is 1.47. The van der Waals surface area contributed by atoms with Crippen LogP contribution < -0.4 is 4.74 Å². The van der Waals surface area contributed by atoms with Crippen LogP contribution in [0.1, 0.15) is 32.3 Å². The SMILES string of the molecule is CC(C)N1CC(COc2ccc(C3(C(=O)N4CCOCC4)CCOCC3)cc2)C1. The monoisotopic (exact) mass is 402 g/mol. The third kappa shape index (κ3) is 4.44. The highest BCUT2D eigenvalue weighted by Gasteiger charge is 2.44. The third-order valence-electron chi connectivity index (χ3n) is 6.66. The van der Waals surface area contributed by atoms with Crippen LogP contribution in [-0.2, 0) is 19.7 Å². The lowest BCUT2D eigenvalue weighted by Crippen LogP contribution is -2.53. The molecular formula is C23H34N2O4. The van der Waals surface area contributed by atoms with E-state index in [1.807, 2.05) is 17.0 Å². The highest BCUT2D eigenvalue weighted by molar-refractivity contribution is 5.88. The maximum absolute atomic E-state index is 13.5. The van der Waals surface area contributed by atoms with Gasteiger partial charge in [-0.05, 0) is 44.4 Å². The minimum absolute atomic E-state index is 0.223. The molecule has 0 saturated carbocycles. The molecule has 0 spiro atoms.